The van der Waals surface area contributed by atoms with Gasteiger partial charge in [0.2, 0.25) is 0 Å². The van der Waals surface area contributed by atoms with Gasteiger partial charge in [0, 0.05) is 5.41 Å². The maximum Gasteiger partial charge on any atom is 0.0157 e. The standard InChI is InChI=1S/C39H64/c1-25(2)15-31-21-33(17-27(5)6)37(34(22-31)18-28(7)8)39(13,14)38-35(19-29(9)10)23-32(16-26(3)4)24-36(38)20-30(11)12/h21-30H,15-20H2,1-14H3. The van der Waals surface area contributed by atoms with Gasteiger partial charge in [0.15, 0.2) is 0 Å². The highest BCUT2D eigenvalue weighted by Crippen LogP contribution is 2.43. The molecular formula is C39H64. The molecule has 0 aliphatic heterocycles. The van der Waals surface area contributed by atoms with E-state index in [-0.39, 0.29) is 5.41 Å². The van der Waals surface area contributed by atoms with Crippen LogP contribution in [-0.4, -0.2) is 0 Å². The molecule has 0 saturated heterocycles. The quantitative estimate of drug-likeness (QED) is 0.227. The van der Waals surface area contributed by atoms with Gasteiger partial charge in [-0.25, -0.2) is 0 Å². The van der Waals surface area contributed by atoms with E-state index in [1.54, 1.807) is 33.4 Å². The van der Waals surface area contributed by atoms with E-state index >= 15 is 0 Å². The zero-order valence-electron chi connectivity index (χ0n) is 28.5. The summed E-state index contributed by atoms with van der Waals surface area (Å²) in [5, 5.41) is 0. The maximum atomic E-state index is 2.60. The Labute approximate surface area is 244 Å². The van der Waals surface area contributed by atoms with Gasteiger partial charge in [-0.15, -0.1) is 0 Å². The molecule has 0 radical (unpaired) electrons. The van der Waals surface area contributed by atoms with Crippen molar-refractivity contribution in [1.82, 2.24) is 0 Å². The smallest absolute Gasteiger partial charge is 0.0157 e. The van der Waals surface area contributed by atoms with Crippen LogP contribution in [0.4, 0.5) is 0 Å². The molecule has 0 nitrogen and oxygen atoms in total. The number of hydrogen-bond donors (Lipinski definition) is 0. The third kappa shape index (κ3) is 9.79. The van der Waals surface area contributed by atoms with Crippen molar-refractivity contribution >= 4 is 0 Å². The molecule has 0 N–H and O–H groups in total. The molecule has 0 spiro atoms. The summed E-state index contributed by atoms with van der Waals surface area (Å²) >= 11 is 0. The minimum Gasteiger partial charge on any atom is -0.0625 e. The lowest BCUT2D eigenvalue weighted by Gasteiger charge is -2.37. The van der Waals surface area contributed by atoms with Crippen LogP contribution in [0.5, 0.6) is 0 Å². The second-order valence-corrected chi connectivity index (χ2v) is 15.8. The van der Waals surface area contributed by atoms with Crippen molar-refractivity contribution in [2.75, 3.05) is 0 Å². The van der Waals surface area contributed by atoms with Crippen molar-refractivity contribution in [2.45, 2.75) is 141 Å². The van der Waals surface area contributed by atoms with E-state index < -0.39 is 0 Å². The minimum atomic E-state index is -0.0460. The highest BCUT2D eigenvalue weighted by molar-refractivity contribution is 5.55. The van der Waals surface area contributed by atoms with E-state index in [1.807, 2.05) is 0 Å². The fourth-order valence-corrected chi connectivity index (χ4v) is 6.99. The van der Waals surface area contributed by atoms with Crippen LogP contribution in [0, 0.1) is 35.5 Å². The van der Waals surface area contributed by atoms with E-state index in [1.165, 1.54) is 11.1 Å². The normalized spacial score (nSPS) is 12.8. The molecule has 0 saturated carbocycles. The van der Waals surface area contributed by atoms with Gasteiger partial charge >= 0.3 is 0 Å². The zero-order chi connectivity index (χ0) is 29.7. The van der Waals surface area contributed by atoms with Crippen molar-refractivity contribution in [2.24, 2.45) is 35.5 Å². The molecule has 0 heterocycles. The van der Waals surface area contributed by atoms with Crippen LogP contribution >= 0.6 is 0 Å². The Morgan fingerprint density at radius 3 is 0.769 bits per heavy atom. The Kier molecular flexibility index (Phi) is 12.4. The van der Waals surface area contributed by atoms with Gasteiger partial charge in [-0.05, 0) is 119 Å². The van der Waals surface area contributed by atoms with Crippen LogP contribution in [0.15, 0.2) is 24.3 Å². The van der Waals surface area contributed by atoms with E-state index in [9.17, 15) is 0 Å². The zero-order valence-corrected chi connectivity index (χ0v) is 28.5. The Morgan fingerprint density at radius 1 is 0.385 bits per heavy atom. The second-order valence-electron chi connectivity index (χ2n) is 15.8. The lowest BCUT2D eigenvalue weighted by atomic mass is 9.67. The fraction of sp³-hybridized carbons (Fsp3) is 0.692. The van der Waals surface area contributed by atoms with Gasteiger partial charge in [-0.3, -0.25) is 0 Å². The minimum absolute atomic E-state index is 0.0460. The lowest BCUT2D eigenvalue weighted by Crippen LogP contribution is -2.29. The molecule has 0 atom stereocenters. The fourth-order valence-electron chi connectivity index (χ4n) is 6.99. The average Bonchev–Trinajstić information content (AvgIpc) is 2.69. The van der Waals surface area contributed by atoms with Crippen LogP contribution < -0.4 is 0 Å². The van der Waals surface area contributed by atoms with Gasteiger partial charge in [0.25, 0.3) is 0 Å². The molecule has 2 rings (SSSR count). The van der Waals surface area contributed by atoms with E-state index in [0.717, 1.165) is 38.5 Å². The Bertz CT molecular complexity index is 896. The summed E-state index contributed by atoms with van der Waals surface area (Å²) in [7, 11) is 0. The van der Waals surface area contributed by atoms with E-state index in [0.29, 0.717) is 35.5 Å². The summed E-state index contributed by atoms with van der Waals surface area (Å²) in [6, 6.07) is 10.4. The molecule has 0 fully saturated rings. The van der Waals surface area contributed by atoms with Crippen LogP contribution in [-0.2, 0) is 43.9 Å². The lowest BCUT2D eigenvalue weighted by molar-refractivity contribution is 0.548. The first-order valence-corrected chi connectivity index (χ1v) is 16.3. The molecule has 0 bridgehead atoms. The van der Waals surface area contributed by atoms with Crippen LogP contribution in [0.25, 0.3) is 0 Å². The first-order chi connectivity index (χ1) is 18.0. The topological polar surface area (TPSA) is 0 Å². The number of rotatable bonds is 14. The summed E-state index contributed by atoms with van der Waals surface area (Å²) < 4.78 is 0. The van der Waals surface area contributed by atoms with Gasteiger partial charge in [-0.2, -0.15) is 0 Å². The van der Waals surface area contributed by atoms with E-state index in [2.05, 4.69) is 121 Å². The highest BCUT2D eigenvalue weighted by atomic mass is 14.4. The molecule has 0 aromatic heterocycles. The predicted octanol–water partition coefficient (Wildman–Crippen LogP) is 11.2. The Balaban J connectivity index is 2.99. The molecule has 0 aliphatic carbocycles. The number of hydrogen-bond acceptors (Lipinski definition) is 0. The van der Waals surface area contributed by atoms with Crippen molar-refractivity contribution in [3.05, 3.63) is 68.8 Å². The molecule has 0 amide bonds. The van der Waals surface area contributed by atoms with Gasteiger partial charge in [-0.1, -0.05) is 121 Å². The molecule has 220 valence electrons. The summed E-state index contributed by atoms with van der Waals surface area (Å²) in [5.74, 6) is 3.90. The summed E-state index contributed by atoms with van der Waals surface area (Å²) in [6.07, 6.45) is 6.94. The molecule has 0 unspecified atom stereocenters. The molecule has 2 aromatic rings. The summed E-state index contributed by atoms with van der Waals surface area (Å²) in [6.45, 7) is 33.7. The summed E-state index contributed by atoms with van der Waals surface area (Å²) in [5.41, 5.74) is 12.7. The SMILES string of the molecule is CC(C)Cc1cc(CC(C)C)c(C(C)(C)c2c(CC(C)C)cc(CC(C)C)cc2CC(C)C)c(CC(C)C)c1. The first-order valence-electron chi connectivity index (χ1n) is 16.3. The molecule has 0 heteroatoms. The molecule has 0 aliphatic rings. The van der Waals surface area contributed by atoms with Crippen molar-refractivity contribution in [3.63, 3.8) is 0 Å². The largest absolute Gasteiger partial charge is 0.0625 e. The Morgan fingerprint density at radius 2 is 0.590 bits per heavy atom. The third-order valence-electron chi connectivity index (χ3n) is 7.77. The number of benzene rings is 2. The predicted molar refractivity (Wildman–Crippen MR) is 176 cm³/mol. The highest BCUT2D eigenvalue weighted by Gasteiger charge is 2.34. The van der Waals surface area contributed by atoms with Crippen molar-refractivity contribution in [3.8, 4) is 0 Å². The van der Waals surface area contributed by atoms with Crippen molar-refractivity contribution in [1.29, 1.82) is 0 Å². The summed E-state index contributed by atoms with van der Waals surface area (Å²) in [4.78, 5) is 0. The third-order valence-corrected chi connectivity index (χ3v) is 7.77. The van der Waals surface area contributed by atoms with Crippen LogP contribution in [0.1, 0.15) is 141 Å². The monoisotopic (exact) mass is 533 g/mol. The Hall–Kier alpha value is -1.56. The molecule has 39 heavy (non-hydrogen) atoms. The first kappa shape index (κ1) is 33.6. The maximum absolute atomic E-state index is 2.60. The van der Waals surface area contributed by atoms with Crippen LogP contribution in [0.3, 0.4) is 0 Å². The van der Waals surface area contributed by atoms with Crippen molar-refractivity contribution < 1.29 is 0 Å². The average molecular weight is 533 g/mol. The van der Waals surface area contributed by atoms with Gasteiger partial charge in [0.05, 0.1) is 0 Å². The molecule has 2 aromatic carbocycles. The molecular weight excluding hydrogens is 468 g/mol. The van der Waals surface area contributed by atoms with E-state index in [4.69, 9.17) is 0 Å². The van der Waals surface area contributed by atoms with Crippen LogP contribution in [0.2, 0.25) is 0 Å². The van der Waals surface area contributed by atoms with Gasteiger partial charge in [0.1, 0.15) is 0 Å². The van der Waals surface area contributed by atoms with Gasteiger partial charge < -0.3 is 0 Å². The second kappa shape index (κ2) is 14.4.